The van der Waals surface area contributed by atoms with Crippen molar-refractivity contribution in [2.24, 2.45) is 5.73 Å². The lowest BCUT2D eigenvalue weighted by molar-refractivity contribution is 0.805. The molecule has 0 saturated carbocycles. The van der Waals surface area contributed by atoms with Crippen molar-refractivity contribution in [2.75, 3.05) is 17.6 Å². The fourth-order valence-electron chi connectivity index (χ4n) is 1.84. The normalized spacial score (nSPS) is 19.2. The van der Waals surface area contributed by atoms with E-state index in [0.29, 0.717) is 4.99 Å². The van der Waals surface area contributed by atoms with Gasteiger partial charge in [-0.25, -0.2) is 0 Å². The smallest absolute Gasteiger partial charge is 0.104 e. The molecule has 0 radical (unpaired) electrons. The highest BCUT2D eigenvalue weighted by atomic mass is 79.9. The van der Waals surface area contributed by atoms with Gasteiger partial charge in [0, 0.05) is 27.5 Å². The maximum absolute atomic E-state index is 5.59. The Kier molecular flexibility index (Phi) is 4.70. The van der Waals surface area contributed by atoms with Crippen LogP contribution in [0.3, 0.4) is 0 Å². The number of nitrogens with two attached hydrogens (primary N) is 1. The monoisotopic (exact) mass is 330 g/mol. The van der Waals surface area contributed by atoms with Crippen LogP contribution in [-0.2, 0) is 0 Å². The Morgan fingerprint density at radius 2 is 2.41 bits per heavy atom. The zero-order valence-electron chi connectivity index (χ0n) is 9.41. The van der Waals surface area contributed by atoms with Crippen LogP contribution in [0.2, 0.25) is 0 Å². The molecule has 2 nitrogen and oxygen atoms in total. The van der Waals surface area contributed by atoms with Gasteiger partial charge in [-0.3, -0.25) is 0 Å². The van der Waals surface area contributed by atoms with Crippen molar-refractivity contribution < 1.29 is 0 Å². The summed E-state index contributed by atoms with van der Waals surface area (Å²) in [5.41, 5.74) is 7.60. The molecule has 1 aromatic rings. The molecule has 0 amide bonds. The van der Waals surface area contributed by atoms with E-state index in [-0.39, 0.29) is 0 Å². The van der Waals surface area contributed by atoms with Crippen molar-refractivity contribution in [1.29, 1.82) is 0 Å². The van der Waals surface area contributed by atoms with Crippen molar-refractivity contribution in [1.82, 2.24) is 0 Å². The molecule has 0 spiro atoms. The Hall–Kier alpha value is -0.260. The van der Waals surface area contributed by atoms with E-state index >= 15 is 0 Å². The minimum Gasteiger partial charge on any atom is -0.389 e. The molecule has 2 rings (SSSR count). The Balaban J connectivity index is 1.98. The van der Waals surface area contributed by atoms with Gasteiger partial charge in [0.2, 0.25) is 0 Å². The number of hydrogen-bond acceptors (Lipinski definition) is 3. The van der Waals surface area contributed by atoms with Crippen LogP contribution in [-0.4, -0.2) is 22.5 Å². The molecule has 1 fully saturated rings. The third-order valence-corrected chi connectivity index (χ3v) is 5.09. The first kappa shape index (κ1) is 13.2. The van der Waals surface area contributed by atoms with Crippen LogP contribution in [0.25, 0.3) is 0 Å². The zero-order chi connectivity index (χ0) is 12.3. The minimum atomic E-state index is 0.434. The van der Waals surface area contributed by atoms with E-state index in [1.807, 2.05) is 18.2 Å². The molecule has 1 unspecified atom stereocenters. The van der Waals surface area contributed by atoms with E-state index in [9.17, 15) is 0 Å². The molecule has 1 aromatic carbocycles. The molecule has 1 aliphatic heterocycles. The maximum atomic E-state index is 5.59. The quantitative estimate of drug-likeness (QED) is 0.830. The van der Waals surface area contributed by atoms with Crippen LogP contribution >= 0.6 is 39.9 Å². The lowest BCUT2D eigenvalue weighted by Crippen LogP contribution is -2.14. The molecule has 1 saturated heterocycles. The number of nitrogens with one attached hydrogen (secondary N) is 1. The molecule has 3 N–H and O–H groups in total. The number of thioether (sulfide) groups is 1. The number of anilines is 1. The molecule has 1 heterocycles. The van der Waals surface area contributed by atoms with Gasteiger partial charge >= 0.3 is 0 Å². The summed E-state index contributed by atoms with van der Waals surface area (Å²) < 4.78 is 1.02. The molecule has 0 aliphatic carbocycles. The van der Waals surface area contributed by atoms with Gasteiger partial charge in [0.15, 0.2) is 0 Å². The van der Waals surface area contributed by atoms with Gasteiger partial charge in [-0.1, -0.05) is 12.2 Å². The topological polar surface area (TPSA) is 38.0 Å². The summed E-state index contributed by atoms with van der Waals surface area (Å²) in [5, 5.41) is 4.22. The Labute approximate surface area is 120 Å². The number of halogens is 1. The van der Waals surface area contributed by atoms with Crippen LogP contribution in [0.4, 0.5) is 5.69 Å². The number of benzene rings is 1. The van der Waals surface area contributed by atoms with Gasteiger partial charge in [-0.05, 0) is 52.7 Å². The molecule has 0 aromatic heterocycles. The SMILES string of the molecule is NC(=S)c1ccc(NCC2CCCS2)c(Br)c1. The van der Waals surface area contributed by atoms with E-state index < -0.39 is 0 Å². The third-order valence-electron chi connectivity index (χ3n) is 2.80. The standard InChI is InChI=1S/C12H15BrN2S2/c13-10-6-8(12(14)16)3-4-11(10)15-7-9-2-1-5-17-9/h3-4,6,9,15H,1-2,5,7H2,(H2,14,16). The van der Waals surface area contributed by atoms with Crippen LogP contribution in [0, 0.1) is 0 Å². The lowest BCUT2D eigenvalue weighted by atomic mass is 10.2. The molecule has 0 bridgehead atoms. The van der Waals surface area contributed by atoms with Crippen molar-refractivity contribution in [3.8, 4) is 0 Å². The largest absolute Gasteiger partial charge is 0.389 e. The van der Waals surface area contributed by atoms with Gasteiger partial charge in [0.1, 0.15) is 4.99 Å². The summed E-state index contributed by atoms with van der Waals surface area (Å²) in [4.78, 5) is 0.434. The van der Waals surface area contributed by atoms with Crippen molar-refractivity contribution in [3.05, 3.63) is 28.2 Å². The number of hydrogen-bond donors (Lipinski definition) is 2. The molecular weight excluding hydrogens is 316 g/mol. The van der Waals surface area contributed by atoms with E-state index in [0.717, 1.165) is 27.5 Å². The minimum absolute atomic E-state index is 0.434. The second kappa shape index (κ2) is 6.07. The molecule has 17 heavy (non-hydrogen) atoms. The fourth-order valence-corrected chi connectivity index (χ4v) is 3.69. The summed E-state index contributed by atoms with van der Waals surface area (Å²) in [6, 6.07) is 5.95. The van der Waals surface area contributed by atoms with E-state index in [1.165, 1.54) is 18.6 Å². The Bertz CT molecular complexity index is 417. The van der Waals surface area contributed by atoms with E-state index in [4.69, 9.17) is 18.0 Å². The highest BCUT2D eigenvalue weighted by molar-refractivity contribution is 9.10. The van der Waals surface area contributed by atoms with E-state index in [2.05, 4.69) is 33.0 Å². The van der Waals surface area contributed by atoms with Gasteiger partial charge < -0.3 is 11.1 Å². The summed E-state index contributed by atoms with van der Waals surface area (Å²) in [5.74, 6) is 1.30. The molecule has 1 aliphatic rings. The average molecular weight is 331 g/mol. The van der Waals surface area contributed by atoms with Crippen molar-refractivity contribution in [2.45, 2.75) is 18.1 Å². The molecule has 1 atom stereocenters. The highest BCUT2D eigenvalue weighted by Crippen LogP contribution is 2.28. The Morgan fingerprint density at radius 3 is 3.00 bits per heavy atom. The fraction of sp³-hybridized carbons (Fsp3) is 0.417. The Morgan fingerprint density at radius 1 is 1.59 bits per heavy atom. The first-order valence-electron chi connectivity index (χ1n) is 5.61. The number of thiocarbonyl (C=S) groups is 1. The highest BCUT2D eigenvalue weighted by Gasteiger charge is 2.15. The predicted octanol–water partition coefficient (Wildman–Crippen LogP) is 3.39. The van der Waals surface area contributed by atoms with E-state index in [1.54, 1.807) is 0 Å². The second-order valence-corrected chi connectivity index (χ2v) is 6.78. The van der Waals surface area contributed by atoms with Crippen LogP contribution < -0.4 is 11.1 Å². The average Bonchev–Trinajstić information content (AvgIpc) is 2.80. The second-order valence-electron chi connectivity index (χ2n) is 4.07. The molecule has 92 valence electrons. The van der Waals surface area contributed by atoms with Crippen LogP contribution in [0.5, 0.6) is 0 Å². The van der Waals surface area contributed by atoms with Crippen LogP contribution in [0.1, 0.15) is 18.4 Å². The summed E-state index contributed by atoms with van der Waals surface area (Å²) in [6.07, 6.45) is 2.67. The van der Waals surface area contributed by atoms with Crippen LogP contribution in [0.15, 0.2) is 22.7 Å². The van der Waals surface area contributed by atoms with Gasteiger partial charge in [0.05, 0.1) is 0 Å². The van der Waals surface area contributed by atoms with Gasteiger partial charge in [0.25, 0.3) is 0 Å². The van der Waals surface area contributed by atoms with Crippen molar-refractivity contribution in [3.63, 3.8) is 0 Å². The summed E-state index contributed by atoms with van der Waals surface area (Å²) >= 11 is 10.5. The third kappa shape index (κ3) is 3.60. The van der Waals surface area contributed by atoms with Gasteiger partial charge in [-0.2, -0.15) is 11.8 Å². The lowest BCUT2D eigenvalue weighted by Gasteiger charge is -2.13. The predicted molar refractivity (Wildman–Crippen MR) is 84.0 cm³/mol. The number of rotatable bonds is 4. The van der Waals surface area contributed by atoms with Gasteiger partial charge in [-0.15, -0.1) is 0 Å². The first-order valence-corrected chi connectivity index (χ1v) is 7.86. The zero-order valence-corrected chi connectivity index (χ0v) is 12.6. The summed E-state index contributed by atoms with van der Waals surface area (Å²) in [6.45, 7) is 1.02. The molecular formula is C12H15BrN2S2. The van der Waals surface area contributed by atoms with Crippen molar-refractivity contribution >= 4 is 50.6 Å². The molecule has 5 heteroatoms. The maximum Gasteiger partial charge on any atom is 0.104 e. The first-order chi connectivity index (χ1) is 8.16. The summed E-state index contributed by atoms with van der Waals surface area (Å²) in [7, 11) is 0.